The fraction of sp³-hybridized carbons (Fsp3) is 0.542. The maximum Gasteiger partial charge on any atom is 0.226 e. The molecule has 1 saturated heterocycles. The molecule has 1 aliphatic carbocycles. The lowest BCUT2D eigenvalue weighted by molar-refractivity contribution is 0.00578. The molecule has 7 heteroatoms. The minimum atomic E-state index is 0.0212. The van der Waals surface area contributed by atoms with E-state index in [4.69, 9.17) is 14.5 Å². The molecule has 1 aliphatic heterocycles. The third-order valence-corrected chi connectivity index (χ3v) is 6.43. The summed E-state index contributed by atoms with van der Waals surface area (Å²) in [7, 11) is 1.94. The molecule has 0 amide bonds. The van der Waals surface area contributed by atoms with Crippen LogP contribution in [0.4, 0.5) is 5.95 Å². The SMILES string of the molecule is CC1CCC(Nc2ncc(-c3ccc4nn(C)cc4c3)c(OC3CCCOC3)n2)CC1. The fourth-order valence-electron chi connectivity index (χ4n) is 4.59. The second-order valence-electron chi connectivity index (χ2n) is 9.05. The van der Waals surface area contributed by atoms with Crippen molar-refractivity contribution in [2.75, 3.05) is 18.5 Å². The van der Waals surface area contributed by atoms with E-state index >= 15 is 0 Å². The highest BCUT2D eigenvalue weighted by molar-refractivity contribution is 5.85. The van der Waals surface area contributed by atoms with E-state index in [0.29, 0.717) is 24.5 Å². The second-order valence-corrected chi connectivity index (χ2v) is 9.05. The van der Waals surface area contributed by atoms with Gasteiger partial charge in [0.25, 0.3) is 0 Å². The summed E-state index contributed by atoms with van der Waals surface area (Å²) in [6, 6.07) is 6.65. The zero-order chi connectivity index (χ0) is 21.2. The number of aryl methyl sites for hydroxylation is 1. The molecule has 7 nitrogen and oxygen atoms in total. The predicted molar refractivity (Wildman–Crippen MR) is 121 cm³/mol. The normalized spacial score (nSPS) is 24.3. The zero-order valence-electron chi connectivity index (χ0n) is 18.4. The van der Waals surface area contributed by atoms with Gasteiger partial charge in [0.15, 0.2) is 0 Å². The molecule has 1 N–H and O–H groups in total. The molecule has 0 bridgehead atoms. The lowest BCUT2D eigenvalue weighted by Gasteiger charge is -2.27. The van der Waals surface area contributed by atoms with Crippen molar-refractivity contribution in [3.8, 4) is 17.0 Å². The Morgan fingerprint density at radius 2 is 2.03 bits per heavy atom. The molecule has 2 fully saturated rings. The number of hydrogen-bond donors (Lipinski definition) is 1. The van der Waals surface area contributed by atoms with Crippen LogP contribution >= 0.6 is 0 Å². The Morgan fingerprint density at radius 1 is 1.16 bits per heavy atom. The Hall–Kier alpha value is -2.67. The van der Waals surface area contributed by atoms with E-state index in [9.17, 15) is 0 Å². The minimum Gasteiger partial charge on any atom is -0.471 e. The maximum atomic E-state index is 6.37. The molecule has 31 heavy (non-hydrogen) atoms. The standard InChI is InChI=1S/C24H31N5O2/c1-16-5-8-19(9-6-16)26-24-25-13-21(23(27-24)31-20-4-3-11-30-15-20)17-7-10-22-18(12-17)14-29(2)28-22/h7,10,12-14,16,19-20H,3-6,8-9,11,15H2,1-2H3,(H,25,26,27). The summed E-state index contributed by atoms with van der Waals surface area (Å²) in [5.41, 5.74) is 2.91. The Kier molecular flexibility index (Phi) is 5.76. The van der Waals surface area contributed by atoms with Gasteiger partial charge < -0.3 is 14.8 Å². The highest BCUT2D eigenvalue weighted by Gasteiger charge is 2.22. The number of anilines is 1. The molecule has 0 radical (unpaired) electrons. The topological polar surface area (TPSA) is 74.1 Å². The van der Waals surface area contributed by atoms with E-state index in [0.717, 1.165) is 60.2 Å². The lowest BCUT2D eigenvalue weighted by atomic mass is 9.87. The number of fused-ring (bicyclic) bond motifs is 1. The molecule has 1 atom stereocenters. The first kappa shape index (κ1) is 20.2. The van der Waals surface area contributed by atoms with Crippen molar-refractivity contribution in [1.82, 2.24) is 19.7 Å². The van der Waals surface area contributed by atoms with E-state index in [2.05, 4.69) is 34.5 Å². The smallest absolute Gasteiger partial charge is 0.226 e. The molecule has 3 aromatic rings. The zero-order valence-corrected chi connectivity index (χ0v) is 18.4. The summed E-state index contributed by atoms with van der Waals surface area (Å²) in [6.07, 6.45) is 10.8. The molecule has 5 rings (SSSR count). The quantitative estimate of drug-likeness (QED) is 0.650. The average molecular weight is 422 g/mol. The third kappa shape index (κ3) is 4.66. The van der Waals surface area contributed by atoms with Crippen molar-refractivity contribution in [3.05, 3.63) is 30.6 Å². The third-order valence-electron chi connectivity index (χ3n) is 6.43. The number of ether oxygens (including phenoxy) is 2. The van der Waals surface area contributed by atoms with Crippen LogP contribution in [-0.2, 0) is 11.8 Å². The van der Waals surface area contributed by atoms with Crippen LogP contribution in [0, 0.1) is 5.92 Å². The van der Waals surface area contributed by atoms with Gasteiger partial charge in [-0.15, -0.1) is 0 Å². The molecule has 3 heterocycles. The van der Waals surface area contributed by atoms with Crippen molar-refractivity contribution in [1.29, 1.82) is 0 Å². The Labute approximate surface area is 183 Å². The van der Waals surface area contributed by atoms with Crippen molar-refractivity contribution in [3.63, 3.8) is 0 Å². The van der Waals surface area contributed by atoms with Crippen molar-refractivity contribution >= 4 is 16.9 Å². The van der Waals surface area contributed by atoms with Crippen LogP contribution in [0.3, 0.4) is 0 Å². The minimum absolute atomic E-state index is 0.0212. The van der Waals surface area contributed by atoms with Gasteiger partial charge in [0.05, 0.1) is 17.7 Å². The Morgan fingerprint density at radius 3 is 2.84 bits per heavy atom. The summed E-state index contributed by atoms with van der Waals surface area (Å²) in [5, 5.41) is 9.11. The van der Waals surface area contributed by atoms with Crippen LogP contribution in [0.1, 0.15) is 45.4 Å². The maximum absolute atomic E-state index is 6.37. The molecular formula is C24H31N5O2. The van der Waals surface area contributed by atoms with Gasteiger partial charge >= 0.3 is 0 Å². The number of nitrogens with zero attached hydrogens (tertiary/aromatic N) is 4. The van der Waals surface area contributed by atoms with Gasteiger partial charge in [0.1, 0.15) is 6.10 Å². The first-order valence-corrected chi connectivity index (χ1v) is 11.5. The summed E-state index contributed by atoms with van der Waals surface area (Å²) in [6.45, 7) is 3.74. The van der Waals surface area contributed by atoms with Gasteiger partial charge in [-0.3, -0.25) is 4.68 Å². The molecule has 1 unspecified atom stereocenters. The number of nitrogens with one attached hydrogen (secondary N) is 1. The van der Waals surface area contributed by atoms with E-state index in [1.807, 2.05) is 30.2 Å². The van der Waals surface area contributed by atoms with E-state index < -0.39 is 0 Å². The van der Waals surface area contributed by atoms with E-state index in [1.54, 1.807) is 0 Å². The van der Waals surface area contributed by atoms with Gasteiger partial charge in [-0.2, -0.15) is 10.1 Å². The van der Waals surface area contributed by atoms with Gasteiger partial charge in [0, 0.05) is 37.5 Å². The van der Waals surface area contributed by atoms with Gasteiger partial charge in [0.2, 0.25) is 11.8 Å². The summed E-state index contributed by atoms with van der Waals surface area (Å²) < 4.78 is 13.8. The van der Waals surface area contributed by atoms with E-state index in [-0.39, 0.29) is 6.10 Å². The second kappa shape index (κ2) is 8.83. The average Bonchev–Trinajstić information content (AvgIpc) is 3.15. The fourth-order valence-corrected chi connectivity index (χ4v) is 4.59. The van der Waals surface area contributed by atoms with Crippen LogP contribution in [-0.4, -0.2) is 45.1 Å². The number of rotatable bonds is 5. The molecule has 2 aromatic heterocycles. The molecule has 1 saturated carbocycles. The highest BCUT2D eigenvalue weighted by atomic mass is 16.5. The predicted octanol–water partition coefficient (Wildman–Crippen LogP) is 4.58. The van der Waals surface area contributed by atoms with Crippen molar-refractivity contribution < 1.29 is 9.47 Å². The monoisotopic (exact) mass is 421 g/mol. The number of aromatic nitrogens is 4. The van der Waals surface area contributed by atoms with Gasteiger partial charge in [-0.25, -0.2) is 4.98 Å². The largest absolute Gasteiger partial charge is 0.471 e. The summed E-state index contributed by atoms with van der Waals surface area (Å²) in [5.74, 6) is 2.09. The molecule has 164 valence electrons. The van der Waals surface area contributed by atoms with Crippen LogP contribution in [0.2, 0.25) is 0 Å². The Balaban J connectivity index is 1.44. The lowest BCUT2D eigenvalue weighted by Crippen LogP contribution is -2.29. The molecule has 1 aromatic carbocycles. The first-order valence-electron chi connectivity index (χ1n) is 11.5. The van der Waals surface area contributed by atoms with Crippen molar-refractivity contribution in [2.24, 2.45) is 13.0 Å². The van der Waals surface area contributed by atoms with Crippen LogP contribution in [0.5, 0.6) is 5.88 Å². The van der Waals surface area contributed by atoms with Gasteiger partial charge in [-0.1, -0.05) is 13.0 Å². The number of benzene rings is 1. The summed E-state index contributed by atoms with van der Waals surface area (Å²) >= 11 is 0. The molecular weight excluding hydrogens is 390 g/mol. The summed E-state index contributed by atoms with van der Waals surface area (Å²) in [4.78, 5) is 9.47. The highest BCUT2D eigenvalue weighted by Crippen LogP contribution is 2.33. The Bertz CT molecular complexity index is 1040. The molecule has 0 spiro atoms. The number of hydrogen-bond acceptors (Lipinski definition) is 6. The molecule has 2 aliphatic rings. The van der Waals surface area contributed by atoms with E-state index in [1.165, 1.54) is 12.8 Å². The van der Waals surface area contributed by atoms with Crippen LogP contribution in [0.15, 0.2) is 30.6 Å². The van der Waals surface area contributed by atoms with Crippen LogP contribution in [0.25, 0.3) is 22.0 Å². The van der Waals surface area contributed by atoms with Gasteiger partial charge in [-0.05, 0) is 62.1 Å². The van der Waals surface area contributed by atoms with Crippen LogP contribution < -0.4 is 10.1 Å². The van der Waals surface area contributed by atoms with Crippen molar-refractivity contribution in [2.45, 2.75) is 57.6 Å². The first-order chi connectivity index (χ1) is 15.1.